The molecule has 8 heteroatoms. The maximum atomic E-state index is 13.1. The van der Waals surface area contributed by atoms with Crippen molar-refractivity contribution in [2.75, 3.05) is 10.6 Å². The van der Waals surface area contributed by atoms with Gasteiger partial charge in [-0.15, -0.1) is 10.2 Å². The largest absolute Gasteiger partial charge is 0.357 e. The van der Waals surface area contributed by atoms with Crippen molar-refractivity contribution in [3.05, 3.63) is 66.0 Å². The summed E-state index contributed by atoms with van der Waals surface area (Å²) in [6.07, 6.45) is 2.32. The predicted molar refractivity (Wildman–Crippen MR) is 107 cm³/mol. The van der Waals surface area contributed by atoms with E-state index in [1.54, 1.807) is 12.1 Å². The van der Waals surface area contributed by atoms with E-state index < -0.39 is 5.25 Å². The molecule has 1 saturated carbocycles. The van der Waals surface area contributed by atoms with Crippen molar-refractivity contribution in [2.45, 2.75) is 28.5 Å². The van der Waals surface area contributed by atoms with Crippen LogP contribution in [0.1, 0.15) is 23.7 Å². The molecule has 1 unspecified atom stereocenters. The molecule has 3 aromatic rings. The molecule has 0 radical (unpaired) electrons. The predicted octanol–water partition coefficient (Wildman–Crippen LogP) is 4.72. The Balaban J connectivity index is 1.52. The van der Waals surface area contributed by atoms with Crippen LogP contribution >= 0.6 is 23.1 Å². The number of anilines is 2. The molecule has 1 amide bonds. The minimum atomic E-state index is -0.488. The first kappa shape index (κ1) is 17.9. The van der Waals surface area contributed by atoms with E-state index in [0.717, 1.165) is 27.9 Å². The van der Waals surface area contributed by atoms with Gasteiger partial charge in [-0.1, -0.05) is 53.4 Å². The summed E-state index contributed by atoms with van der Waals surface area (Å²) < 4.78 is 13.8. The number of hydrogen-bond donors (Lipinski definition) is 2. The second-order valence-corrected chi connectivity index (χ2v) is 8.53. The smallest absolute Gasteiger partial charge is 0.242 e. The Labute approximate surface area is 164 Å². The zero-order chi connectivity index (χ0) is 18.6. The van der Waals surface area contributed by atoms with E-state index in [-0.39, 0.29) is 11.7 Å². The molecule has 4 rings (SSSR count). The maximum absolute atomic E-state index is 13.1. The van der Waals surface area contributed by atoms with Crippen molar-refractivity contribution in [1.82, 2.24) is 10.2 Å². The van der Waals surface area contributed by atoms with Gasteiger partial charge in [0.05, 0.1) is 0 Å². The van der Waals surface area contributed by atoms with Crippen LogP contribution in [0, 0.1) is 5.82 Å². The molecule has 1 atom stereocenters. The number of carbonyl (C=O) groups excluding carboxylic acids is 1. The molecule has 0 spiro atoms. The third kappa shape index (κ3) is 4.84. The zero-order valence-corrected chi connectivity index (χ0v) is 15.9. The fourth-order valence-electron chi connectivity index (χ4n) is 2.46. The van der Waals surface area contributed by atoms with Gasteiger partial charge in [0.15, 0.2) is 4.34 Å². The van der Waals surface area contributed by atoms with Crippen molar-refractivity contribution >= 4 is 39.8 Å². The summed E-state index contributed by atoms with van der Waals surface area (Å²) >= 11 is 2.81. The average Bonchev–Trinajstić information content (AvgIpc) is 3.39. The molecule has 1 aliphatic rings. The molecule has 1 aromatic heterocycles. The van der Waals surface area contributed by atoms with Crippen LogP contribution in [0.15, 0.2) is 58.9 Å². The van der Waals surface area contributed by atoms with Crippen LogP contribution in [0.2, 0.25) is 0 Å². The third-order valence-electron chi connectivity index (χ3n) is 3.98. The highest BCUT2D eigenvalue weighted by molar-refractivity contribution is 8.02. The molecule has 0 saturated heterocycles. The summed E-state index contributed by atoms with van der Waals surface area (Å²) in [5.74, 6) is -0.531. The Morgan fingerprint density at radius 2 is 1.85 bits per heavy atom. The Bertz CT molecular complexity index is 913. The standard InChI is InChI=1S/C19H17FN4OS2/c20-13-6-8-14(9-7-13)21-17(25)16(12-4-2-1-3-5-12)26-19-24-23-18(27-19)22-15-10-11-15/h1-9,15-16H,10-11H2,(H,21,25)(H,22,23). The van der Waals surface area contributed by atoms with Crippen molar-refractivity contribution in [3.63, 3.8) is 0 Å². The molecular weight excluding hydrogens is 383 g/mol. The summed E-state index contributed by atoms with van der Waals surface area (Å²) in [4.78, 5) is 12.9. The normalized spacial score (nSPS) is 14.6. The summed E-state index contributed by atoms with van der Waals surface area (Å²) in [7, 11) is 0. The van der Waals surface area contributed by atoms with Gasteiger partial charge in [-0.05, 0) is 42.7 Å². The van der Waals surface area contributed by atoms with Crippen LogP contribution < -0.4 is 10.6 Å². The first-order valence-electron chi connectivity index (χ1n) is 8.55. The quantitative estimate of drug-likeness (QED) is 0.562. The van der Waals surface area contributed by atoms with Crippen molar-refractivity contribution in [3.8, 4) is 0 Å². The molecular formula is C19H17FN4OS2. The Kier molecular flexibility index (Phi) is 5.35. The molecule has 2 aromatic carbocycles. The number of amides is 1. The lowest BCUT2D eigenvalue weighted by molar-refractivity contribution is -0.115. The van der Waals surface area contributed by atoms with E-state index in [9.17, 15) is 9.18 Å². The molecule has 138 valence electrons. The zero-order valence-electron chi connectivity index (χ0n) is 14.3. The van der Waals surface area contributed by atoms with Crippen LogP contribution in [0.4, 0.5) is 15.2 Å². The van der Waals surface area contributed by atoms with Crippen LogP contribution in [-0.4, -0.2) is 22.1 Å². The summed E-state index contributed by atoms with van der Waals surface area (Å²) in [5.41, 5.74) is 1.42. The number of halogens is 1. The lowest BCUT2D eigenvalue weighted by Gasteiger charge is -2.15. The Morgan fingerprint density at radius 1 is 1.11 bits per heavy atom. The maximum Gasteiger partial charge on any atom is 0.242 e. The van der Waals surface area contributed by atoms with Gasteiger partial charge in [-0.3, -0.25) is 4.79 Å². The fraction of sp³-hybridized carbons (Fsp3) is 0.211. The van der Waals surface area contributed by atoms with E-state index >= 15 is 0 Å². The van der Waals surface area contributed by atoms with Gasteiger partial charge in [0, 0.05) is 11.7 Å². The van der Waals surface area contributed by atoms with E-state index in [1.807, 2.05) is 30.3 Å². The molecule has 1 heterocycles. The second kappa shape index (κ2) is 8.06. The summed E-state index contributed by atoms with van der Waals surface area (Å²) in [6, 6.07) is 15.8. The van der Waals surface area contributed by atoms with E-state index in [2.05, 4.69) is 20.8 Å². The van der Waals surface area contributed by atoms with Crippen molar-refractivity contribution in [1.29, 1.82) is 0 Å². The van der Waals surface area contributed by atoms with E-state index in [1.165, 1.54) is 35.2 Å². The highest BCUT2D eigenvalue weighted by Crippen LogP contribution is 2.39. The summed E-state index contributed by atoms with van der Waals surface area (Å²) in [5, 5.41) is 14.8. The number of nitrogens with one attached hydrogen (secondary N) is 2. The van der Waals surface area contributed by atoms with Crippen LogP contribution in [0.3, 0.4) is 0 Å². The molecule has 2 N–H and O–H groups in total. The van der Waals surface area contributed by atoms with Gasteiger partial charge in [0.25, 0.3) is 0 Å². The van der Waals surface area contributed by atoms with Crippen LogP contribution in [0.5, 0.6) is 0 Å². The first-order chi connectivity index (χ1) is 13.2. The molecule has 0 aliphatic heterocycles. The SMILES string of the molecule is O=C(Nc1ccc(F)cc1)C(Sc1nnc(NC2CC2)s1)c1ccccc1. The van der Waals surface area contributed by atoms with Crippen molar-refractivity contribution in [2.24, 2.45) is 0 Å². The number of thioether (sulfide) groups is 1. The lowest BCUT2D eigenvalue weighted by Crippen LogP contribution is -2.19. The monoisotopic (exact) mass is 400 g/mol. The highest BCUT2D eigenvalue weighted by Gasteiger charge is 2.26. The summed E-state index contributed by atoms with van der Waals surface area (Å²) in [6.45, 7) is 0. The van der Waals surface area contributed by atoms with E-state index in [4.69, 9.17) is 0 Å². The van der Waals surface area contributed by atoms with Crippen LogP contribution in [0.25, 0.3) is 0 Å². The molecule has 0 bridgehead atoms. The Hall–Kier alpha value is -2.45. The molecule has 5 nitrogen and oxygen atoms in total. The van der Waals surface area contributed by atoms with Gasteiger partial charge in [-0.25, -0.2) is 4.39 Å². The minimum absolute atomic E-state index is 0.190. The van der Waals surface area contributed by atoms with Gasteiger partial charge >= 0.3 is 0 Å². The van der Waals surface area contributed by atoms with Crippen molar-refractivity contribution < 1.29 is 9.18 Å². The molecule has 27 heavy (non-hydrogen) atoms. The van der Waals surface area contributed by atoms with Gasteiger partial charge < -0.3 is 10.6 Å². The second-order valence-electron chi connectivity index (χ2n) is 6.20. The van der Waals surface area contributed by atoms with Gasteiger partial charge in [0.1, 0.15) is 11.1 Å². The van der Waals surface area contributed by atoms with E-state index in [0.29, 0.717) is 11.7 Å². The number of hydrogen-bond acceptors (Lipinski definition) is 6. The average molecular weight is 401 g/mol. The first-order valence-corrected chi connectivity index (χ1v) is 10.2. The third-order valence-corrected chi connectivity index (χ3v) is 6.18. The number of nitrogens with zero attached hydrogens (tertiary/aromatic N) is 2. The topological polar surface area (TPSA) is 66.9 Å². The van der Waals surface area contributed by atoms with Crippen LogP contribution in [-0.2, 0) is 4.79 Å². The van der Waals surface area contributed by atoms with Gasteiger partial charge in [-0.2, -0.15) is 0 Å². The Morgan fingerprint density at radius 3 is 2.56 bits per heavy atom. The lowest BCUT2D eigenvalue weighted by atomic mass is 10.1. The minimum Gasteiger partial charge on any atom is -0.357 e. The molecule has 1 aliphatic carbocycles. The number of rotatable bonds is 7. The fourth-order valence-corrected chi connectivity index (χ4v) is 4.48. The van der Waals surface area contributed by atoms with Gasteiger partial charge in [0.2, 0.25) is 11.0 Å². The molecule has 1 fully saturated rings. The number of carbonyl (C=O) groups is 1. The number of benzene rings is 2. The number of aromatic nitrogens is 2. The highest BCUT2D eigenvalue weighted by atomic mass is 32.2.